The van der Waals surface area contributed by atoms with Crippen LogP contribution in [0.15, 0.2) is 84.0 Å². The lowest BCUT2D eigenvalue weighted by molar-refractivity contribution is -0.137. The second kappa shape index (κ2) is 12.1. The third-order valence-corrected chi connectivity index (χ3v) is 6.39. The van der Waals surface area contributed by atoms with Gasteiger partial charge in [-0.25, -0.2) is 5.01 Å². The maximum atomic E-state index is 13.6. The quantitative estimate of drug-likeness (QED) is 0.376. The van der Waals surface area contributed by atoms with Crippen molar-refractivity contribution < 1.29 is 32.2 Å². The van der Waals surface area contributed by atoms with Crippen LogP contribution in [0.4, 0.5) is 13.2 Å². The molecule has 1 aliphatic heterocycles. The third kappa shape index (κ3) is 6.64. The van der Waals surface area contributed by atoms with Gasteiger partial charge in [0.05, 0.1) is 31.0 Å². The zero-order valence-corrected chi connectivity index (χ0v) is 21.5. The van der Waals surface area contributed by atoms with Crippen LogP contribution in [0.2, 0.25) is 0 Å². The Morgan fingerprint density at radius 2 is 1.72 bits per heavy atom. The Bertz CT molecular complexity index is 1330. The van der Waals surface area contributed by atoms with Crippen LogP contribution in [0.1, 0.15) is 39.5 Å². The molecule has 0 fully saturated rings. The minimum Gasteiger partial charge on any atom is -0.497 e. The van der Waals surface area contributed by atoms with Crippen molar-refractivity contribution in [2.75, 3.05) is 33.9 Å². The highest BCUT2D eigenvalue weighted by molar-refractivity contribution is 6.04. The summed E-state index contributed by atoms with van der Waals surface area (Å²) in [6.45, 7) is -0.125. The molecule has 2 amide bonds. The van der Waals surface area contributed by atoms with E-state index in [0.29, 0.717) is 17.9 Å². The zero-order chi connectivity index (χ0) is 28.0. The second-order valence-corrected chi connectivity index (χ2v) is 8.94. The fourth-order valence-corrected chi connectivity index (χ4v) is 4.33. The molecule has 7 nitrogen and oxygen atoms in total. The van der Waals surface area contributed by atoms with Crippen LogP contribution in [0.3, 0.4) is 0 Å². The maximum absolute atomic E-state index is 13.6. The molecule has 0 radical (unpaired) electrons. The van der Waals surface area contributed by atoms with Gasteiger partial charge in [0.1, 0.15) is 12.3 Å². The van der Waals surface area contributed by atoms with E-state index in [-0.39, 0.29) is 25.3 Å². The van der Waals surface area contributed by atoms with Crippen molar-refractivity contribution in [2.45, 2.75) is 18.6 Å². The van der Waals surface area contributed by atoms with Crippen LogP contribution in [0.25, 0.3) is 0 Å². The number of amides is 2. The molecule has 3 aromatic rings. The first-order valence-electron chi connectivity index (χ1n) is 12.3. The number of methoxy groups -OCH3 is 2. The Morgan fingerprint density at radius 1 is 1.00 bits per heavy atom. The smallest absolute Gasteiger partial charge is 0.416 e. The average Bonchev–Trinajstić information content (AvgIpc) is 3.41. The summed E-state index contributed by atoms with van der Waals surface area (Å²) in [4.78, 5) is 28.1. The van der Waals surface area contributed by atoms with E-state index in [2.05, 4.69) is 5.10 Å². The number of nitrogens with zero attached hydrogens (tertiary/aromatic N) is 3. The Hall–Kier alpha value is -4.18. The Balaban J connectivity index is 1.61. The molecule has 0 bridgehead atoms. The summed E-state index contributed by atoms with van der Waals surface area (Å²) in [5.41, 5.74) is 1.55. The predicted molar refractivity (Wildman–Crippen MR) is 139 cm³/mol. The first kappa shape index (κ1) is 27.8. The second-order valence-electron chi connectivity index (χ2n) is 8.94. The van der Waals surface area contributed by atoms with Gasteiger partial charge in [-0.1, -0.05) is 42.5 Å². The Labute approximate surface area is 224 Å². The first-order valence-corrected chi connectivity index (χ1v) is 12.3. The van der Waals surface area contributed by atoms with Gasteiger partial charge in [-0.15, -0.1) is 0 Å². The number of alkyl halides is 3. The molecule has 1 atom stereocenters. The summed E-state index contributed by atoms with van der Waals surface area (Å²) in [7, 11) is 3.03. The van der Waals surface area contributed by atoms with E-state index in [1.165, 1.54) is 17.0 Å². The molecule has 204 valence electrons. The molecule has 0 spiro atoms. The van der Waals surface area contributed by atoms with Crippen molar-refractivity contribution in [3.05, 3.63) is 101 Å². The van der Waals surface area contributed by atoms with E-state index in [0.717, 1.165) is 35.4 Å². The molecule has 0 saturated carbocycles. The van der Waals surface area contributed by atoms with Crippen molar-refractivity contribution >= 4 is 17.5 Å². The van der Waals surface area contributed by atoms with Gasteiger partial charge in [0.2, 0.25) is 0 Å². The number of hydrogen-bond donors (Lipinski definition) is 0. The molecule has 0 unspecified atom stereocenters. The number of carbonyl (C=O) groups is 2. The molecule has 0 aliphatic carbocycles. The molecule has 0 aromatic heterocycles. The number of hydrogen-bond acceptors (Lipinski definition) is 5. The van der Waals surface area contributed by atoms with Gasteiger partial charge in [-0.2, -0.15) is 18.3 Å². The van der Waals surface area contributed by atoms with Crippen LogP contribution in [-0.4, -0.2) is 61.4 Å². The number of ether oxygens (including phenoxy) is 2. The van der Waals surface area contributed by atoms with Crippen LogP contribution >= 0.6 is 0 Å². The molecule has 39 heavy (non-hydrogen) atoms. The topological polar surface area (TPSA) is 71.4 Å². The minimum atomic E-state index is -4.52. The summed E-state index contributed by atoms with van der Waals surface area (Å²) in [6, 6.07) is 20.3. The third-order valence-electron chi connectivity index (χ3n) is 6.39. The molecule has 10 heteroatoms. The highest BCUT2D eigenvalue weighted by Crippen LogP contribution is 2.34. The van der Waals surface area contributed by atoms with E-state index in [1.807, 2.05) is 54.6 Å². The van der Waals surface area contributed by atoms with Crippen LogP contribution in [-0.2, 0) is 15.7 Å². The zero-order valence-electron chi connectivity index (χ0n) is 21.5. The van der Waals surface area contributed by atoms with Crippen molar-refractivity contribution in [3.8, 4) is 5.75 Å². The Morgan fingerprint density at radius 3 is 2.36 bits per heavy atom. The van der Waals surface area contributed by atoms with Crippen molar-refractivity contribution in [3.63, 3.8) is 0 Å². The van der Waals surface area contributed by atoms with Crippen LogP contribution < -0.4 is 4.74 Å². The van der Waals surface area contributed by atoms with E-state index in [1.54, 1.807) is 7.11 Å². The SMILES string of the molecule is COCCN(CC(=O)N1N=C(c2cccc(OC)c2)C[C@@H]1c1ccccc1)C(=O)c1ccc(C(F)(F)F)cc1. The largest absolute Gasteiger partial charge is 0.497 e. The molecular weight excluding hydrogens is 511 g/mol. The molecule has 0 saturated heterocycles. The lowest BCUT2D eigenvalue weighted by atomic mass is 9.98. The number of carbonyl (C=O) groups excluding carboxylic acids is 2. The van der Waals surface area contributed by atoms with Crippen LogP contribution in [0.5, 0.6) is 5.75 Å². The summed E-state index contributed by atoms with van der Waals surface area (Å²) in [6.07, 6.45) is -4.07. The van der Waals surface area contributed by atoms with E-state index in [4.69, 9.17) is 9.47 Å². The van der Waals surface area contributed by atoms with E-state index in [9.17, 15) is 22.8 Å². The van der Waals surface area contributed by atoms with Gasteiger partial charge in [0, 0.05) is 31.2 Å². The van der Waals surface area contributed by atoms with Crippen molar-refractivity contribution in [1.29, 1.82) is 0 Å². The van der Waals surface area contributed by atoms with Crippen LogP contribution in [0, 0.1) is 0 Å². The molecule has 4 rings (SSSR count). The summed E-state index contributed by atoms with van der Waals surface area (Å²) in [5, 5.41) is 6.03. The van der Waals surface area contributed by atoms with Gasteiger partial charge in [0.15, 0.2) is 0 Å². The van der Waals surface area contributed by atoms with Crippen molar-refractivity contribution in [2.24, 2.45) is 5.10 Å². The predicted octanol–water partition coefficient (Wildman–Crippen LogP) is 5.18. The molecule has 1 aliphatic rings. The molecular formula is C29H28F3N3O4. The fourth-order valence-electron chi connectivity index (χ4n) is 4.33. The van der Waals surface area contributed by atoms with Gasteiger partial charge in [0.25, 0.3) is 11.8 Å². The van der Waals surface area contributed by atoms with Crippen molar-refractivity contribution in [1.82, 2.24) is 9.91 Å². The Kier molecular flexibility index (Phi) is 8.65. The summed E-state index contributed by atoms with van der Waals surface area (Å²) >= 11 is 0. The van der Waals surface area contributed by atoms with E-state index >= 15 is 0 Å². The normalized spacial score (nSPS) is 15.2. The highest BCUT2D eigenvalue weighted by atomic mass is 19.4. The number of benzene rings is 3. The maximum Gasteiger partial charge on any atom is 0.416 e. The van der Waals surface area contributed by atoms with Gasteiger partial charge < -0.3 is 14.4 Å². The number of hydrazone groups is 1. The minimum absolute atomic E-state index is 0.0357. The monoisotopic (exact) mass is 539 g/mol. The lowest BCUT2D eigenvalue weighted by Crippen LogP contribution is -2.42. The number of rotatable bonds is 9. The van der Waals surface area contributed by atoms with Gasteiger partial charge in [-0.3, -0.25) is 9.59 Å². The molecule has 0 N–H and O–H groups in total. The summed E-state index contributed by atoms with van der Waals surface area (Å²) < 4.78 is 49.4. The average molecular weight is 540 g/mol. The van der Waals surface area contributed by atoms with E-state index < -0.39 is 29.6 Å². The number of halogens is 3. The first-order chi connectivity index (χ1) is 18.7. The molecule has 1 heterocycles. The fraction of sp³-hybridized carbons (Fsp3) is 0.276. The summed E-state index contributed by atoms with van der Waals surface area (Å²) in [5.74, 6) is -0.358. The molecule has 3 aromatic carbocycles. The standard InChI is InChI=1S/C29H28F3N3O4/c1-38-16-15-34(28(37)21-11-13-23(14-12-21)29(30,31)32)19-27(36)35-26(20-7-4-3-5-8-20)18-25(33-35)22-9-6-10-24(17-22)39-2/h3-14,17,26H,15-16,18-19H2,1-2H3/t26-/m1/s1. The van der Waals surface area contributed by atoms with Gasteiger partial charge >= 0.3 is 6.18 Å². The highest BCUT2D eigenvalue weighted by Gasteiger charge is 2.35. The van der Waals surface area contributed by atoms with Gasteiger partial charge in [-0.05, 0) is 42.0 Å². The lowest BCUT2D eigenvalue weighted by Gasteiger charge is -2.27.